The summed E-state index contributed by atoms with van der Waals surface area (Å²) in [4.78, 5) is 10.9. The molecule has 0 aliphatic heterocycles. The van der Waals surface area contributed by atoms with Gasteiger partial charge in [-0.1, -0.05) is 71.4 Å². The molecule has 0 N–H and O–H groups in total. The molecule has 1 heteroatoms. The molecule has 0 amide bonds. The Labute approximate surface area is 101 Å². The molecule has 0 aliphatic rings. The van der Waals surface area contributed by atoms with Crippen LogP contribution in [0.25, 0.3) is 0 Å². The lowest BCUT2D eigenvalue weighted by Gasteiger charge is -2.05. The van der Waals surface area contributed by atoms with E-state index < -0.39 is 0 Å². The summed E-state index contributed by atoms with van der Waals surface area (Å²) in [7, 11) is 0. The van der Waals surface area contributed by atoms with Crippen molar-refractivity contribution in [3.63, 3.8) is 0 Å². The van der Waals surface area contributed by atoms with Gasteiger partial charge in [0.25, 0.3) is 0 Å². The van der Waals surface area contributed by atoms with Crippen LogP contribution in [0.1, 0.15) is 59.4 Å². The molecule has 92 valence electrons. The lowest BCUT2D eigenvalue weighted by molar-refractivity contribution is -0.118. The molecule has 0 aliphatic carbocycles. The zero-order valence-electron chi connectivity index (χ0n) is 10.3. The van der Waals surface area contributed by atoms with Crippen LogP contribution < -0.4 is 0 Å². The minimum Gasteiger partial charge on any atom is -0.299 e. The van der Waals surface area contributed by atoms with Crippen LogP contribution in [0.15, 0.2) is 30.3 Å². The Bertz CT molecular complexity index is 262. The van der Waals surface area contributed by atoms with E-state index in [0.717, 1.165) is 5.56 Å². The average Bonchev–Trinajstić information content (AvgIpc) is 2.29. The Morgan fingerprint density at radius 3 is 1.88 bits per heavy atom. The molecule has 1 atom stereocenters. The van der Waals surface area contributed by atoms with Gasteiger partial charge in [-0.15, -0.1) is 0 Å². The monoisotopic (exact) mass is 222 g/mol. The molecule has 0 bridgehead atoms. The number of carbonyl (C=O) groups is 1. The van der Waals surface area contributed by atoms with E-state index in [4.69, 9.17) is 0 Å². The summed E-state index contributed by atoms with van der Waals surface area (Å²) in [6.07, 6.45) is 2.64. The van der Waals surface area contributed by atoms with Gasteiger partial charge in [0.1, 0.15) is 5.78 Å². The van der Waals surface area contributed by atoms with Crippen molar-refractivity contribution in [3.05, 3.63) is 35.9 Å². The number of Topliss-reactive ketones (excluding diaryl/α,β-unsaturated/α-hetero) is 1. The van der Waals surface area contributed by atoms with E-state index in [2.05, 4.69) is 13.8 Å². The molecule has 1 rings (SSSR count). The van der Waals surface area contributed by atoms with E-state index in [1.807, 2.05) is 37.3 Å². The van der Waals surface area contributed by atoms with Gasteiger partial charge < -0.3 is 0 Å². The molecule has 1 aromatic carbocycles. The number of hydrogen-bond donors (Lipinski definition) is 0. The first-order valence-corrected chi connectivity index (χ1v) is 5.68. The molecule has 0 spiro atoms. The van der Waals surface area contributed by atoms with Gasteiger partial charge in [0.05, 0.1) is 0 Å². The highest BCUT2D eigenvalue weighted by atomic mass is 16.1. The number of ketones is 1. The fraction of sp³-hybridized carbons (Fsp3) is 0.533. The highest BCUT2D eigenvalue weighted by Crippen LogP contribution is 2.14. The van der Waals surface area contributed by atoms with E-state index in [-0.39, 0.29) is 19.1 Å². The summed E-state index contributed by atoms with van der Waals surface area (Å²) < 4.78 is 0. The third-order valence-electron chi connectivity index (χ3n) is 2.41. The fourth-order valence-corrected chi connectivity index (χ4v) is 0.976. The molecule has 0 saturated heterocycles. The Morgan fingerprint density at radius 2 is 1.56 bits per heavy atom. The van der Waals surface area contributed by atoms with Gasteiger partial charge in [0, 0.05) is 5.92 Å². The largest absolute Gasteiger partial charge is 0.299 e. The zero-order valence-corrected chi connectivity index (χ0v) is 10.3. The van der Waals surface area contributed by atoms with Gasteiger partial charge in [0.2, 0.25) is 0 Å². The van der Waals surface area contributed by atoms with Crippen molar-refractivity contribution < 1.29 is 4.79 Å². The summed E-state index contributed by atoms with van der Waals surface area (Å²) in [5.74, 6) is 0.257. The van der Waals surface area contributed by atoms with Crippen molar-refractivity contribution in [2.24, 2.45) is 0 Å². The second kappa shape index (κ2) is 10.4. The second-order valence-corrected chi connectivity index (χ2v) is 3.74. The van der Waals surface area contributed by atoms with Crippen LogP contribution in [-0.4, -0.2) is 5.78 Å². The predicted octanol–water partition coefficient (Wildman–Crippen LogP) is 4.82. The van der Waals surface area contributed by atoms with Crippen molar-refractivity contribution in [2.45, 2.75) is 53.9 Å². The standard InChI is InChI=1S/C10H12O.C4H10.CH4/c1-8(9(2)11)10-6-4-3-5-7-10;1-3-4-2;/h3-8H,1-2H3;3-4H2,1-2H3;1H4. The first kappa shape index (κ1) is 17.3. The highest BCUT2D eigenvalue weighted by molar-refractivity contribution is 5.82. The van der Waals surface area contributed by atoms with Crippen molar-refractivity contribution in [3.8, 4) is 0 Å². The first-order chi connectivity index (χ1) is 7.13. The van der Waals surface area contributed by atoms with Crippen molar-refractivity contribution in [2.75, 3.05) is 0 Å². The summed E-state index contributed by atoms with van der Waals surface area (Å²) in [5.41, 5.74) is 1.10. The topological polar surface area (TPSA) is 17.1 Å². The van der Waals surface area contributed by atoms with Crippen LogP contribution in [0.5, 0.6) is 0 Å². The van der Waals surface area contributed by atoms with Gasteiger partial charge >= 0.3 is 0 Å². The second-order valence-electron chi connectivity index (χ2n) is 3.74. The molecule has 16 heavy (non-hydrogen) atoms. The number of carbonyl (C=O) groups excluding carboxylic acids is 1. The van der Waals surface area contributed by atoms with E-state index >= 15 is 0 Å². The molecular formula is C15H26O. The van der Waals surface area contributed by atoms with Gasteiger partial charge in [-0.05, 0) is 12.5 Å². The molecule has 0 radical (unpaired) electrons. The van der Waals surface area contributed by atoms with Crippen LogP contribution in [-0.2, 0) is 4.79 Å². The maximum absolute atomic E-state index is 10.9. The minimum atomic E-state index is 0. The fourth-order valence-electron chi connectivity index (χ4n) is 0.976. The zero-order chi connectivity index (χ0) is 11.7. The van der Waals surface area contributed by atoms with Gasteiger partial charge in [-0.25, -0.2) is 0 Å². The van der Waals surface area contributed by atoms with Gasteiger partial charge in [0.15, 0.2) is 0 Å². The van der Waals surface area contributed by atoms with Crippen LogP contribution in [0.4, 0.5) is 0 Å². The lowest BCUT2D eigenvalue weighted by atomic mass is 9.98. The third kappa shape index (κ3) is 7.22. The Balaban J connectivity index is 0. The maximum atomic E-state index is 10.9. The van der Waals surface area contributed by atoms with Crippen LogP contribution in [0, 0.1) is 0 Å². The van der Waals surface area contributed by atoms with Crippen LogP contribution >= 0.6 is 0 Å². The molecule has 0 aromatic heterocycles. The summed E-state index contributed by atoms with van der Waals surface area (Å²) in [5, 5.41) is 0. The first-order valence-electron chi connectivity index (χ1n) is 5.68. The van der Waals surface area contributed by atoms with Crippen molar-refractivity contribution in [1.82, 2.24) is 0 Å². The molecule has 0 fully saturated rings. The summed E-state index contributed by atoms with van der Waals surface area (Å²) in [6, 6.07) is 9.82. The maximum Gasteiger partial charge on any atom is 0.136 e. The number of benzene rings is 1. The van der Waals surface area contributed by atoms with E-state index in [0.29, 0.717) is 0 Å². The predicted molar refractivity (Wildman–Crippen MR) is 72.9 cm³/mol. The molecule has 1 unspecified atom stereocenters. The molecule has 0 saturated carbocycles. The highest BCUT2D eigenvalue weighted by Gasteiger charge is 2.08. The normalized spacial score (nSPS) is 10.5. The number of hydrogen-bond acceptors (Lipinski definition) is 1. The Kier molecular flexibility index (Phi) is 11.2. The van der Waals surface area contributed by atoms with Crippen LogP contribution in [0.3, 0.4) is 0 Å². The molecule has 0 heterocycles. The van der Waals surface area contributed by atoms with Crippen molar-refractivity contribution >= 4 is 5.78 Å². The molecule has 1 aromatic rings. The van der Waals surface area contributed by atoms with E-state index in [1.54, 1.807) is 6.92 Å². The molecular weight excluding hydrogens is 196 g/mol. The SMILES string of the molecule is C.CC(=O)C(C)c1ccccc1.CCCC. The van der Waals surface area contributed by atoms with Gasteiger partial charge in [-0.3, -0.25) is 4.79 Å². The van der Waals surface area contributed by atoms with Gasteiger partial charge in [-0.2, -0.15) is 0 Å². The van der Waals surface area contributed by atoms with Crippen molar-refractivity contribution in [1.29, 1.82) is 0 Å². The Morgan fingerprint density at radius 1 is 1.12 bits per heavy atom. The average molecular weight is 222 g/mol. The minimum absolute atomic E-state index is 0. The van der Waals surface area contributed by atoms with Crippen LogP contribution in [0.2, 0.25) is 0 Å². The molecule has 1 nitrogen and oxygen atoms in total. The third-order valence-corrected chi connectivity index (χ3v) is 2.41. The quantitative estimate of drug-likeness (QED) is 0.716. The summed E-state index contributed by atoms with van der Waals surface area (Å²) >= 11 is 0. The lowest BCUT2D eigenvalue weighted by Crippen LogP contribution is -2.03. The Hall–Kier alpha value is -1.11. The number of unbranched alkanes of at least 4 members (excludes halogenated alkanes) is 1. The summed E-state index contributed by atoms with van der Waals surface area (Å²) in [6.45, 7) is 7.91. The smallest absolute Gasteiger partial charge is 0.136 e. The van der Waals surface area contributed by atoms with E-state index in [9.17, 15) is 4.79 Å². The van der Waals surface area contributed by atoms with E-state index in [1.165, 1.54) is 12.8 Å². The number of rotatable bonds is 3.